The molecule has 486 valence electrons. The Bertz CT molecular complexity index is 1810. The van der Waals surface area contributed by atoms with Crippen molar-refractivity contribution in [3.05, 3.63) is 72.9 Å². The molecular weight excluding hydrogens is 1080 g/mol. The van der Waals surface area contributed by atoms with Crippen molar-refractivity contribution in [1.82, 2.24) is 5.32 Å². The Morgan fingerprint density at radius 1 is 0.440 bits per heavy atom. The van der Waals surface area contributed by atoms with Crippen molar-refractivity contribution in [1.29, 1.82) is 0 Å². The topological polar surface area (TPSA) is 307 Å². The Kier molecular flexibility index (Phi) is 42.5. The van der Waals surface area contributed by atoms with Crippen LogP contribution in [0.5, 0.6) is 0 Å². The van der Waals surface area contributed by atoms with Gasteiger partial charge in [-0.3, -0.25) is 4.79 Å². The van der Waals surface area contributed by atoms with Crippen molar-refractivity contribution in [2.45, 2.75) is 304 Å². The van der Waals surface area contributed by atoms with Crippen LogP contribution >= 0.6 is 0 Å². The molecule has 3 aliphatic heterocycles. The lowest BCUT2D eigenvalue weighted by Crippen LogP contribution is -2.66. The molecule has 12 N–H and O–H groups in total. The first-order valence-electron chi connectivity index (χ1n) is 32.2. The molecule has 0 radical (unpaired) electrons. The zero-order valence-electron chi connectivity index (χ0n) is 50.9. The summed E-state index contributed by atoms with van der Waals surface area (Å²) in [6, 6.07) is -1.00. The Hall–Kier alpha value is -2.77. The Balaban J connectivity index is 1.50. The van der Waals surface area contributed by atoms with Gasteiger partial charge in [0, 0.05) is 6.42 Å². The first-order valence-corrected chi connectivity index (χ1v) is 32.2. The fourth-order valence-electron chi connectivity index (χ4n) is 10.5. The maximum Gasteiger partial charge on any atom is 0.220 e. The number of carbonyl (C=O) groups excluding carboxylic acids is 1. The van der Waals surface area contributed by atoms with Gasteiger partial charge < -0.3 is 89.9 Å². The Morgan fingerprint density at radius 2 is 0.833 bits per heavy atom. The molecular formula is C65H113NO18. The van der Waals surface area contributed by atoms with Crippen molar-refractivity contribution in [2.24, 2.45) is 0 Å². The normalized spacial score (nSPS) is 29.7. The molecule has 3 rings (SSSR count). The molecule has 19 nitrogen and oxygen atoms in total. The molecule has 1 amide bonds. The van der Waals surface area contributed by atoms with Gasteiger partial charge in [-0.2, -0.15) is 0 Å². The number of aliphatic hydroxyl groups is 11. The van der Waals surface area contributed by atoms with Gasteiger partial charge in [-0.15, -0.1) is 0 Å². The van der Waals surface area contributed by atoms with Gasteiger partial charge in [0.15, 0.2) is 18.9 Å². The summed E-state index contributed by atoms with van der Waals surface area (Å²) in [5.74, 6) is -0.302. The lowest BCUT2D eigenvalue weighted by Gasteiger charge is -2.48. The van der Waals surface area contributed by atoms with Crippen LogP contribution in [0, 0.1) is 0 Å². The second kappa shape index (κ2) is 47.3. The third kappa shape index (κ3) is 30.0. The lowest BCUT2D eigenvalue weighted by molar-refractivity contribution is -0.379. The highest BCUT2D eigenvalue weighted by Gasteiger charge is 2.53. The van der Waals surface area contributed by atoms with Crippen LogP contribution in [0.4, 0.5) is 0 Å². The standard InChI is InChI=1S/C65H113NO18/c1-3-5-7-9-11-13-15-17-19-21-23-25-26-28-30-32-34-36-38-40-42-49(70)48(66-53(71)43-41-39-37-35-33-31-29-27-24-22-20-18-16-14-12-10-8-6-4-2)47-79-63-59(77)56(74)61(51(45-68)81-63)84-65-60(78)57(75)62(52(46-69)82-65)83-64-58(76)55(73)54(72)50(44-67)80-64/h6,8,12,14,18,20,24,27,32,34,40,42,48-52,54-65,67-70,72-78H,3-5,7,9-11,13,15-17,19,21-23,25-26,28-31,33,35-39,41,43-47H2,1-2H3,(H,66,71)/b8-6-,14-12-,20-18-,27-24-,34-32+,42-40+. The van der Waals surface area contributed by atoms with Crippen molar-refractivity contribution in [3.8, 4) is 0 Å². The predicted molar refractivity (Wildman–Crippen MR) is 323 cm³/mol. The van der Waals surface area contributed by atoms with E-state index in [1.807, 2.05) is 6.08 Å². The van der Waals surface area contributed by atoms with Crippen LogP contribution < -0.4 is 5.32 Å². The van der Waals surface area contributed by atoms with Crippen molar-refractivity contribution >= 4 is 5.91 Å². The molecule has 0 aromatic rings. The van der Waals surface area contributed by atoms with Crippen LogP contribution in [0.25, 0.3) is 0 Å². The lowest BCUT2D eigenvalue weighted by atomic mass is 9.96. The highest BCUT2D eigenvalue weighted by Crippen LogP contribution is 2.33. The highest BCUT2D eigenvalue weighted by atomic mass is 16.8. The summed E-state index contributed by atoms with van der Waals surface area (Å²) in [7, 11) is 0. The van der Waals surface area contributed by atoms with Gasteiger partial charge in [0.1, 0.15) is 73.2 Å². The van der Waals surface area contributed by atoms with E-state index in [0.29, 0.717) is 12.8 Å². The quantitative estimate of drug-likeness (QED) is 0.0216. The van der Waals surface area contributed by atoms with Gasteiger partial charge in [-0.05, 0) is 70.6 Å². The fourth-order valence-corrected chi connectivity index (χ4v) is 10.5. The second-order valence-electron chi connectivity index (χ2n) is 22.8. The number of rotatable bonds is 47. The fraction of sp³-hybridized carbons (Fsp3) is 0.800. The van der Waals surface area contributed by atoms with Crippen LogP contribution in [0.1, 0.15) is 200 Å². The Morgan fingerprint density at radius 3 is 1.33 bits per heavy atom. The molecule has 17 unspecified atom stereocenters. The maximum atomic E-state index is 13.4. The van der Waals surface area contributed by atoms with E-state index in [4.69, 9.17) is 28.4 Å². The zero-order valence-corrected chi connectivity index (χ0v) is 50.9. The molecule has 84 heavy (non-hydrogen) atoms. The van der Waals surface area contributed by atoms with Gasteiger partial charge in [-0.1, -0.05) is 196 Å². The van der Waals surface area contributed by atoms with E-state index in [0.717, 1.165) is 83.5 Å². The predicted octanol–water partition coefficient (Wildman–Crippen LogP) is 6.99. The molecule has 3 heterocycles. The first-order chi connectivity index (χ1) is 40.8. The highest BCUT2D eigenvalue weighted by molar-refractivity contribution is 5.76. The van der Waals surface area contributed by atoms with E-state index in [1.165, 1.54) is 83.5 Å². The molecule has 19 heteroatoms. The van der Waals surface area contributed by atoms with E-state index in [1.54, 1.807) is 6.08 Å². The van der Waals surface area contributed by atoms with Gasteiger partial charge in [0.2, 0.25) is 5.91 Å². The van der Waals surface area contributed by atoms with E-state index in [-0.39, 0.29) is 18.9 Å². The monoisotopic (exact) mass is 1200 g/mol. The van der Waals surface area contributed by atoms with Gasteiger partial charge >= 0.3 is 0 Å². The summed E-state index contributed by atoms with van der Waals surface area (Å²) in [6.07, 6.45) is 30.2. The van der Waals surface area contributed by atoms with Crippen molar-refractivity contribution in [3.63, 3.8) is 0 Å². The van der Waals surface area contributed by atoms with E-state index < -0.39 is 124 Å². The van der Waals surface area contributed by atoms with Gasteiger partial charge in [0.05, 0.1) is 38.6 Å². The number of carbonyl (C=O) groups is 1. The first kappa shape index (κ1) is 75.5. The molecule has 0 spiro atoms. The molecule has 3 saturated heterocycles. The minimum Gasteiger partial charge on any atom is -0.394 e. The van der Waals surface area contributed by atoms with Crippen molar-refractivity contribution < 1.29 is 89.4 Å². The molecule has 0 aliphatic carbocycles. The van der Waals surface area contributed by atoms with E-state index in [9.17, 15) is 61.0 Å². The van der Waals surface area contributed by atoms with Crippen LogP contribution in [0.3, 0.4) is 0 Å². The summed E-state index contributed by atoms with van der Waals surface area (Å²) in [6.45, 7) is 1.58. The number of allylic oxidation sites excluding steroid dienone is 11. The molecule has 17 atom stereocenters. The maximum absolute atomic E-state index is 13.4. The van der Waals surface area contributed by atoms with Gasteiger partial charge in [-0.25, -0.2) is 0 Å². The summed E-state index contributed by atoms with van der Waals surface area (Å²) in [5.41, 5.74) is 0. The SMILES string of the molecule is CC/C=C\C/C=C\C/C=C\C/C=C\CCCCCCCCC(=O)NC(COC1OC(CO)C(OC2OC(CO)C(OC3OC(CO)C(O)C(O)C3O)C(O)C2O)C(O)C1O)C(O)/C=C/CC/C=C/CCCCCCCCCCCCCCCC. The van der Waals surface area contributed by atoms with Crippen LogP contribution in [0.2, 0.25) is 0 Å². The molecule has 0 bridgehead atoms. The number of ether oxygens (including phenoxy) is 6. The largest absolute Gasteiger partial charge is 0.394 e. The molecule has 3 fully saturated rings. The van der Waals surface area contributed by atoms with E-state index in [2.05, 4.69) is 79.9 Å². The average molecular weight is 1200 g/mol. The van der Waals surface area contributed by atoms with Crippen LogP contribution in [0.15, 0.2) is 72.9 Å². The minimum atomic E-state index is -1.99. The van der Waals surface area contributed by atoms with Crippen LogP contribution in [-0.2, 0) is 33.2 Å². The van der Waals surface area contributed by atoms with Crippen molar-refractivity contribution in [2.75, 3.05) is 26.4 Å². The number of hydrogen-bond acceptors (Lipinski definition) is 18. The summed E-state index contributed by atoms with van der Waals surface area (Å²) < 4.78 is 34.3. The molecule has 0 saturated carbocycles. The third-order valence-corrected chi connectivity index (χ3v) is 15.7. The third-order valence-electron chi connectivity index (χ3n) is 15.7. The summed E-state index contributed by atoms with van der Waals surface area (Å²) in [5, 5.41) is 120. The summed E-state index contributed by atoms with van der Waals surface area (Å²) >= 11 is 0. The Labute approximate surface area is 502 Å². The number of amides is 1. The van der Waals surface area contributed by atoms with Gasteiger partial charge in [0.25, 0.3) is 0 Å². The number of hydrogen-bond donors (Lipinski definition) is 12. The van der Waals surface area contributed by atoms with Crippen LogP contribution in [-0.4, -0.2) is 193 Å². The van der Waals surface area contributed by atoms with E-state index >= 15 is 0 Å². The molecule has 0 aromatic carbocycles. The average Bonchev–Trinajstić information content (AvgIpc) is 2.79. The second-order valence-corrected chi connectivity index (χ2v) is 22.8. The summed E-state index contributed by atoms with van der Waals surface area (Å²) in [4.78, 5) is 13.4. The molecule has 3 aliphatic rings. The minimum absolute atomic E-state index is 0.216. The smallest absolute Gasteiger partial charge is 0.220 e. The number of aliphatic hydroxyl groups excluding tert-OH is 11. The number of unbranched alkanes of at least 4 members (excludes halogenated alkanes) is 21. The number of nitrogens with one attached hydrogen (secondary N) is 1. The zero-order chi connectivity index (χ0) is 61.2. The molecule has 0 aromatic heterocycles.